The van der Waals surface area contributed by atoms with Gasteiger partial charge in [-0.1, -0.05) is 0 Å². The van der Waals surface area contributed by atoms with Crippen molar-refractivity contribution in [2.75, 3.05) is 0 Å². The molecule has 3 atom stereocenters. The summed E-state index contributed by atoms with van der Waals surface area (Å²) in [5.41, 5.74) is 3.79. The van der Waals surface area contributed by atoms with E-state index in [2.05, 4.69) is 0 Å². The molecule has 0 radical (unpaired) electrons. The Bertz CT molecular complexity index is 312. The molecule has 2 saturated carbocycles. The van der Waals surface area contributed by atoms with Gasteiger partial charge < -0.3 is 15.9 Å². The minimum absolute atomic E-state index is 0.395. The molecule has 0 heterocycles. The normalized spacial score (nSPS) is 45.4. The number of nitrogens with two attached hydrogens (primary N) is 1. The second kappa shape index (κ2) is 2.48. The van der Waals surface area contributed by atoms with Gasteiger partial charge in [-0.2, -0.15) is 0 Å². The van der Waals surface area contributed by atoms with Gasteiger partial charge in [0.1, 0.15) is 5.54 Å². The first-order valence-corrected chi connectivity index (χ1v) is 4.69. The van der Waals surface area contributed by atoms with Gasteiger partial charge in [-0.15, -0.1) is 0 Å². The van der Waals surface area contributed by atoms with E-state index in [1.165, 1.54) is 0 Å². The first kappa shape index (κ1) is 9.45. The van der Waals surface area contributed by atoms with Crippen molar-refractivity contribution in [3.05, 3.63) is 0 Å². The van der Waals surface area contributed by atoms with Gasteiger partial charge in [0.25, 0.3) is 0 Å². The third-order valence-corrected chi connectivity index (χ3v) is 4.08. The van der Waals surface area contributed by atoms with Crippen molar-refractivity contribution < 1.29 is 19.8 Å². The fourth-order valence-corrected chi connectivity index (χ4v) is 2.87. The van der Waals surface area contributed by atoms with Crippen LogP contribution >= 0.6 is 0 Å². The Hall–Kier alpha value is -1.10. The van der Waals surface area contributed by atoms with Crippen molar-refractivity contribution in [1.29, 1.82) is 0 Å². The zero-order valence-electron chi connectivity index (χ0n) is 7.69. The topological polar surface area (TPSA) is 101 Å². The molecule has 0 amide bonds. The zero-order chi connectivity index (χ0) is 10.6. The van der Waals surface area contributed by atoms with Crippen molar-refractivity contribution in [3.8, 4) is 0 Å². The summed E-state index contributed by atoms with van der Waals surface area (Å²) in [6.07, 6.45) is 2.22. The lowest BCUT2D eigenvalue weighted by molar-refractivity contribution is -0.191. The van der Waals surface area contributed by atoms with Gasteiger partial charge in [0, 0.05) is 5.41 Å². The number of rotatable bonds is 2. The molecular weight excluding hydrogens is 186 g/mol. The lowest BCUT2D eigenvalue weighted by atomic mass is 9.41. The third-order valence-electron chi connectivity index (χ3n) is 4.08. The third kappa shape index (κ3) is 0.785. The average molecular weight is 199 g/mol. The Morgan fingerprint density at radius 2 is 1.86 bits per heavy atom. The second-order valence-corrected chi connectivity index (χ2v) is 4.36. The maximum Gasteiger partial charge on any atom is 0.324 e. The summed E-state index contributed by atoms with van der Waals surface area (Å²) in [5, 5.41) is 17.9. The van der Waals surface area contributed by atoms with Crippen LogP contribution in [0.5, 0.6) is 0 Å². The van der Waals surface area contributed by atoms with Crippen LogP contribution < -0.4 is 5.73 Å². The van der Waals surface area contributed by atoms with Crippen LogP contribution in [0.3, 0.4) is 0 Å². The van der Waals surface area contributed by atoms with Crippen molar-refractivity contribution in [2.45, 2.75) is 31.2 Å². The minimum Gasteiger partial charge on any atom is -0.481 e. The van der Waals surface area contributed by atoms with E-state index in [0.717, 1.165) is 0 Å². The van der Waals surface area contributed by atoms with Crippen LogP contribution in [0.15, 0.2) is 0 Å². The van der Waals surface area contributed by atoms with Crippen LogP contribution in [0.1, 0.15) is 25.7 Å². The van der Waals surface area contributed by atoms with Gasteiger partial charge in [0.15, 0.2) is 0 Å². The van der Waals surface area contributed by atoms with E-state index in [9.17, 15) is 9.59 Å². The maximum atomic E-state index is 11.0. The summed E-state index contributed by atoms with van der Waals surface area (Å²) in [7, 11) is 0. The summed E-state index contributed by atoms with van der Waals surface area (Å²) in [6.45, 7) is 0. The highest BCUT2D eigenvalue weighted by molar-refractivity contribution is 5.85. The predicted octanol–water partition coefficient (Wildman–Crippen LogP) is 0.0433. The molecule has 2 rings (SSSR count). The molecule has 5 heteroatoms. The van der Waals surface area contributed by atoms with E-state index >= 15 is 0 Å². The SMILES string of the molecule is N[C@]1(C(=O)O)CC[C@]12CC[C@@H]2C(=O)O. The molecule has 2 fully saturated rings. The zero-order valence-corrected chi connectivity index (χ0v) is 7.69. The van der Waals surface area contributed by atoms with Crippen LogP contribution in [-0.2, 0) is 9.59 Å². The summed E-state index contributed by atoms with van der Waals surface area (Å²) in [4.78, 5) is 21.8. The molecule has 5 nitrogen and oxygen atoms in total. The summed E-state index contributed by atoms with van der Waals surface area (Å²) in [6, 6.07) is 0. The summed E-state index contributed by atoms with van der Waals surface area (Å²) in [5.74, 6) is -2.53. The van der Waals surface area contributed by atoms with Gasteiger partial charge in [0.2, 0.25) is 0 Å². The standard InChI is InChI=1S/C9H13NO4/c10-9(7(13)14)4-3-8(9)2-1-5(8)6(11)12/h5H,1-4,10H2,(H,11,12)(H,13,14)/t5-,8+,9+/m1/s1. The van der Waals surface area contributed by atoms with E-state index in [1.807, 2.05) is 0 Å². The quantitative estimate of drug-likeness (QED) is 0.583. The summed E-state index contributed by atoms with van der Waals surface area (Å²) >= 11 is 0. The predicted molar refractivity (Wildman–Crippen MR) is 46.6 cm³/mol. The molecule has 78 valence electrons. The largest absolute Gasteiger partial charge is 0.481 e. The summed E-state index contributed by atoms with van der Waals surface area (Å²) < 4.78 is 0. The lowest BCUT2D eigenvalue weighted by Crippen LogP contribution is -2.74. The van der Waals surface area contributed by atoms with Crippen LogP contribution in [0.2, 0.25) is 0 Å². The number of carbonyl (C=O) groups is 2. The van der Waals surface area contributed by atoms with Crippen LogP contribution in [-0.4, -0.2) is 27.7 Å². The molecule has 0 aromatic heterocycles. The van der Waals surface area contributed by atoms with E-state index in [1.54, 1.807) is 0 Å². The molecule has 1 spiro atoms. The molecule has 0 saturated heterocycles. The molecule has 0 aromatic carbocycles. The van der Waals surface area contributed by atoms with Gasteiger partial charge in [0.05, 0.1) is 5.92 Å². The van der Waals surface area contributed by atoms with Crippen molar-refractivity contribution in [1.82, 2.24) is 0 Å². The smallest absolute Gasteiger partial charge is 0.324 e. The molecule has 4 N–H and O–H groups in total. The Kier molecular flexibility index (Phi) is 1.67. The number of hydrogen-bond donors (Lipinski definition) is 3. The molecule has 14 heavy (non-hydrogen) atoms. The fraction of sp³-hybridized carbons (Fsp3) is 0.778. The highest BCUT2D eigenvalue weighted by Gasteiger charge is 2.70. The van der Waals surface area contributed by atoms with E-state index in [0.29, 0.717) is 25.7 Å². The molecule has 2 aliphatic carbocycles. The molecule has 0 unspecified atom stereocenters. The van der Waals surface area contributed by atoms with Gasteiger partial charge in [-0.25, -0.2) is 0 Å². The second-order valence-electron chi connectivity index (χ2n) is 4.36. The van der Waals surface area contributed by atoms with Crippen molar-refractivity contribution >= 4 is 11.9 Å². The Balaban J connectivity index is 2.26. The fourth-order valence-electron chi connectivity index (χ4n) is 2.87. The van der Waals surface area contributed by atoms with Gasteiger partial charge in [-0.3, -0.25) is 9.59 Å². The van der Waals surface area contributed by atoms with Gasteiger partial charge in [-0.05, 0) is 25.7 Å². The van der Waals surface area contributed by atoms with Crippen LogP contribution in [0.4, 0.5) is 0 Å². The van der Waals surface area contributed by atoms with Crippen molar-refractivity contribution in [3.63, 3.8) is 0 Å². The Morgan fingerprint density at radius 1 is 1.21 bits per heavy atom. The lowest BCUT2D eigenvalue weighted by Gasteiger charge is -2.63. The van der Waals surface area contributed by atoms with Crippen LogP contribution in [0, 0.1) is 11.3 Å². The number of aliphatic carboxylic acids is 2. The Morgan fingerprint density at radius 3 is 2.07 bits per heavy atom. The molecular formula is C9H13NO4. The molecule has 2 aliphatic rings. The first-order valence-electron chi connectivity index (χ1n) is 4.69. The number of carboxylic acid groups (broad SMARTS) is 2. The average Bonchev–Trinajstić information content (AvgIpc) is 1.97. The van der Waals surface area contributed by atoms with E-state index in [4.69, 9.17) is 15.9 Å². The number of hydrogen-bond acceptors (Lipinski definition) is 3. The van der Waals surface area contributed by atoms with Gasteiger partial charge >= 0.3 is 11.9 Å². The number of carboxylic acids is 2. The van der Waals surface area contributed by atoms with Crippen LogP contribution in [0.25, 0.3) is 0 Å². The monoisotopic (exact) mass is 199 g/mol. The van der Waals surface area contributed by atoms with E-state index in [-0.39, 0.29) is 0 Å². The highest BCUT2D eigenvalue weighted by Crippen LogP contribution is 2.64. The molecule has 0 bridgehead atoms. The first-order chi connectivity index (χ1) is 6.44. The minimum atomic E-state index is -1.30. The molecule has 0 aromatic rings. The highest BCUT2D eigenvalue weighted by atomic mass is 16.4. The molecule has 0 aliphatic heterocycles. The van der Waals surface area contributed by atoms with Crippen molar-refractivity contribution in [2.24, 2.45) is 17.1 Å². The maximum absolute atomic E-state index is 11.0. The van der Waals surface area contributed by atoms with E-state index < -0.39 is 28.8 Å². The Labute approximate surface area is 80.9 Å².